The lowest BCUT2D eigenvalue weighted by molar-refractivity contribution is -0.120. The summed E-state index contributed by atoms with van der Waals surface area (Å²) in [5.41, 5.74) is 6.15. The van der Waals surface area contributed by atoms with E-state index in [2.05, 4.69) is 0 Å². The summed E-state index contributed by atoms with van der Waals surface area (Å²) in [6, 6.07) is 12.4. The third-order valence-electron chi connectivity index (χ3n) is 5.04. The van der Waals surface area contributed by atoms with Crippen LogP contribution in [0.25, 0.3) is 0 Å². The number of fused-ring (bicyclic) bond motifs is 1. The predicted molar refractivity (Wildman–Crippen MR) is 126 cm³/mol. The molecule has 178 valence electrons. The van der Waals surface area contributed by atoms with Gasteiger partial charge in [-0.3, -0.25) is 9.59 Å². The molecular weight excluding hydrogens is 460 g/mol. The highest BCUT2D eigenvalue weighted by Gasteiger charge is 2.25. The quantitative estimate of drug-likeness (QED) is 0.497. The minimum Gasteiger partial charge on any atom is -0.493 e. The minimum absolute atomic E-state index is 0.185. The molecular formula is C24H24N2O7S. The van der Waals surface area contributed by atoms with Gasteiger partial charge in [-0.05, 0) is 35.7 Å². The van der Waals surface area contributed by atoms with Gasteiger partial charge in [-0.15, -0.1) is 11.3 Å². The third-order valence-corrected chi connectivity index (χ3v) is 5.90. The van der Waals surface area contributed by atoms with Crippen LogP contribution in [0.4, 0.5) is 5.69 Å². The number of carbonyl (C=O) groups excluding carboxylic acids is 2. The van der Waals surface area contributed by atoms with Gasteiger partial charge in [0.2, 0.25) is 5.75 Å². The zero-order chi connectivity index (χ0) is 24.1. The molecule has 0 bridgehead atoms. The van der Waals surface area contributed by atoms with Gasteiger partial charge in [0.1, 0.15) is 13.2 Å². The van der Waals surface area contributed by atoms with E-state index in [0.717, 1.165) is 4.88 Å². The van der Waals surface area contributed by atoms with Crippen LogP contribution in [-0.4, -0.2) is 45.9 Å². The lowest BCUT2D eigenvalue weighted by atomic mass is 10.1. The molecule has 2 amide bonds. The summed E-state index contributed by atoms with van der Waals surface area (Å²) >= 11 is 1.55. The SMILES string of the molecule is COc1cc(C(=O)N(Cc2cccs2)c2ccc3c(c2)OCCO3)cc(OC)c1OCC(N)=O. The first-order valence-corrected chi connectivity index (χ1v) is 11.3. The first-order chi connectivity index (χ1) is 16.5. The van der Waals surface area contributed by atoms with Crippen LogP contribution in [0.15, 0.2) is 47.8 Å². The van der Waals surface area contributed by atoms with Crippen LogP contribution in [0.2, 0.25) is 0 Å². The van der Waals surface area contributed by atoms with Crippen molar-refractivity contribution >= 4 is 28.8 Å². The van der Waals surface area contributed by atoms with Crippen molar-refractivity contribution in [3.8, 4) is 28.7 Å². The van der Waals surface area contributed by atoms with Gasteiger partial charge in [0.25, 0.3) is 11.8 Å². The van der Waals surface area contributed by atoms with E-state index in [9.17, 15) is 9.59 Å². The van der Waals surface area contributed by atoms with Crippen molar-refractivity contribution in [2.24, 2.45) is 5.73 Å². The van der Waals surface area contributed by atoms with E-state index in [0.29, 0.717) is 42.5 Å². The highest BCUT2D eigenvalue weighted by molar-refractivity contribution is 7.09. The highest BCUT2D eigenvalue weighted by Crippen LogP contribution is 2.40. The number of nitrogens with zero attached hydrogens (tertiary/aromatic N) is 1. The molecule has 0 radical (unpaired) electrons. The number of carbonyl (C=O) groups is 2. The standard InChI is InChI=1S/C24H24N2O7S/c1-29-20-10-15(11-21(30-2)23(20)33-14-22(25)27)24(28)26(13-17-4-3-9-34-17)16-5-6-18-19(12-16)32-8-7-31-18/h3-6,9-12H,7-8,13-14H2,1-2H3,(H2,25,27). The number of hydrogen-bond acceptors (Lipinski definition) is 8. The Morgan fingerprint density at radius 3 is 2.35 bits per heavy atom. The zero-order valence-electron chi connectivity index (χ0n) is 18.7. The third kappa shape index (κ3) is 5.01. The van der Waals surface area contributed by atoms with E-state index in [-0.39, 0.29) is 29.8 Å². The van der Waals surface area contributed by atoms with Gasteiger partial charge in [-0.1, -0.05) is 6.07 Å². The number of methoxy groups -OCH3 is 2. The molecule has 1 aliphatic heterocycles. The second-order valence-electron chi connectivity index (χ2n) is 7.26. The van der Waals surface area contributed by atoms with E-state index < -0.39 is 5.91 Å². The molecule has 34 heavy (non-hydrogen) atoms. The molecule has 0 aliphatic carbocycles. The number of amides is 2. The number of benzene rings is 2. The van der Waals surface area contributed by atoms with Crippen LogP contribution in [0.1, 0.15) is 15.2 Å². The van der Waals surface area contributed by atoms with Gasteiger partial charge >= 0.3 is 0 Å². The van der Waals surface area contributed by atoms with Gasteiger partial charge in [0, 0.05) is 22.2 Å². The second kappa shape index (κ2) is 10.3. The average molecular weight is 485 g/mol. The van der Waals surface area contributed by atoms with Crippen molar-refractivity contribution in [1.29, 1.82) is 0 Å². The second-order valence-corrected chi connectivity index (χ2v) is 8.30. The number of anilines is 1. The predicted octanol–water partition coefficient (Wildman–Crippen LogP) is 3.25. The van der Waals surface area contributed by atoms with Crippen LogP contribution < -0.4 is 34.3 Å². The van der Waals surface area contributed by atoms with Crippen LogP contribution in [0, 0.1) is 0 Å². The van der Waals surface area contributed by atoms with Crippen molar-refractivity contribution in [3.05, 3.63) is 58.3 Å². The number of ether oxygens (including phenoxy) is 5. The van der Waals surface area contributed by atoms with Crippen LogP contribution in [0.5, 0.6) is 28.7 Å². The summed E-state index contributed by atoms with van der Waals surface area (Å²) in [4.78, 5) is 27.6. The first-order valence-electron chi connectivity index (χ1n) is 10.4. The van der Waals surface area contributed by atoms with Crippen molar-refractivity contribution in [3.63, 3.8) is 0 Å². The Hall–Kier alpha value is -3.92. The molecule has 0 atom stereocenters. The maximum Gasteiger partial charge on any atom is 0.258 e. The lowest BCUT2D eigenvalue weighted by Gasteiger charge is -2.26. The Morgan fingerprint density at radius 1 is 1.03 bits per heavy atom. The summed E-state index contributed by atoms with van der Waals surface area (Å²) in [5.74, 6) is 0.943. The van der Waals surface area contributed by atoms with Crippen molar-refractivity contribution in [2.45, 2.75) is 6.54 Å². The van der Waals surface area contributed by atoms with Gasteiger partial charge in [-0.2, -0.15) is 0 Å². The maximum atomic E-state index is 13.8. The van der Waals surface area contributed by atoms with Crippen LogP contribution >= 0.6 is 11.3 Å². The topological polar surface area (TPSA) is 110 Å². The minimum atomic E-state index is -0.648. The molecule has 10 heteroatoms. The Balaban J connectivity index is 1.73. The highest BCUT2D eigenvalue weighted by atomic mass is 32.1. The molecule has 3 aromatic rings. The number of hydrogen-bond donors (Lipinski definition) is 1. The van der Waals surface area contributed by atoms with Crippen molar-refractivity contribution in [1.82, 2.24) is 0 Å². The Bertz CT molecular complexity index is 1160. The van der Waals surface area contributed by atoms with Gasteiger partial charge in [-0.25, -0.2) is 0 Å². The van der Waals surface area contributed by atoms with Gasteiger partial charge in [0.15, 0.2) is 29.6 Å². The summed E-state index contributed by atoms with van der Waals surface area (Å²) in [7, 11) is 2.87. The molecule has 1 aliphatic rings. The summed E-state index contributed by atoms with van der Waals surface area (Å²) < 4.78 is 27.6. The summed E-state index contributed by atoms with van der Waals surface area (Å²) in [6.45, 7) is 0.910. The fourth-order valence-corrected chi connectivity index (χ4v) is 4.18. The fourth-order valence-electron chi connectivity index (χ4n) is 3.48. The maximum absolute atomic E-state index is 13.8. The van der Waals surface area contributed by atoms with Crippen molar-refractivity contribution < 1.29 is 33.3 Å². The number of nitrogens with two attached hydrogens (primary N) is 1. The molecule has 0 saturated heterocycles. The molecule has 2 aromatic carbocycles. The van der Waals surface area contributed by atoms with Gasteiger partial charge < -0.3 is 34.3 Å². The largest absolute Gasteiger partial charge is 0.493 e. The molecule has 2 heterocycles. The van der Waals surface area contributed by atoms with E-state index in [1.165, 1.54) is 14.2 Å². The Kier molecular flexibility index (Phi) is 7.07. The molecule has 9 nitrogen and oxygen atoms in total. The van der Waals surface area contributed by atoms with Gasteiger partial charge in [0.05, 0.1) is 20.8 Å². The van der Waals surface area contributed by atoms with E-state index in [1.54, 1.807) is 40.5 Å². The monoisotopic (exact) mass is 484 g/mol. The van der Waals surface area contributed by atoms with E-state index in [1.807, 2.05) is 23.6 Å². The Labute approximate surface area is 200 Å². The molecule has 0 spiro atoms. The molecule has 2 N–H and O–H groups in total. The van der Waals surface area contributed by atoms with E-state index in [4.69, 9.17) is 29.4 Å². The molecule has 0 unspecified atom stereocenters. The first kappa shape index (κ1) is 23.2. The normalized spacial score (nSPS) is 12.1. The smallest absolute Gasteiger partial charge is 0.258 e. The molecule has 0 saturated carbocycles. The van der Waals surface area contributed by atoms with E-state index >= 15 is 0 Å². The molecule has 4 rings (SSSR count). The number of primary amides is 1. The van der Waals surface area contributed by atoms with Crippen LogP contribution in [0.3, 0.4) is 0 Å². The number of rotatable bonds is 9. The number of thiophene rings is 1. The van der Waals surface area contributed by atoms with Crippen LogP contribution in [-0.2, 0) is 11.3 Å². The molecule has 1 aromatic heterocycles. The summed E-state index contributed by atoms with van der Waals surface area (Å²) in [6.07, 6.45) is 0. The fraction of sp³-hybridized carbons (Fsp3) is 0.250. The zero-order valence-corrected chi connectivity index (χ0v) is 19.6. The lowest BCUT2D eigenvalue weighted by Crippen LogP contribution is -2.30. The Morgan fingerprint density at radius 2 is 1.74 bits per heavy atom. The average Bonchev–Trinajstić information content (AvgIpc) is 3.38. The summed E-state index contributed by atoms with van der Waals surface area (Å²) in [5, 5.41) is 1.96. The van der Waals surface area contributed by atoms with Crippen molar-refractivity contribution in [2.75, 3.05) is 38.9 Å². The molecule has 0 fully saturated rings.